The Hall–Kier alpha value is -0.530. The van der Waals surface area contributed by atoms with Crippen LogP contribution in [0.3, 0.4) is 0 Å². The fourth-order valence-electron chi connectivity index (χ4n) is 1.28. The second kappa shape index (κ2) is 4.64. The topological polar surface area (TPSA) is 50.7 Å². The Morgan fingerprint density at radius 2 is 2.38 bits per heavy atom. The van der Waals surface area contributed by atoms with E-state index >= 15 is 0 Å². The molecule has 0 saturated heterocycles. The van der Waals surface area contributed by atoms with Gasteiger partial charge in [-0.2, -0.15) is 5.11 Å². The van der Waals surface area contributed by atoms with Gasteiger partial charge in [-0.05, 0) is 33.2 Å². The van der Waals surface area contributed by atoms with E-state index in [1.165, 1.54) is 11.9 Å². The summed E-state index contributed by atoms with van der Waals surface area (Å²) in [7, 11) is 0. The zero-order valence-electron chi connectivity index (χ0n) is 8.08. The van der Waals surface area contributed by atoms with Gasteiger partial charge in [0.1, 0.15) is 10.8 Å². The molecule has 3 nitrogen and oxygen atoms in total. The summed E-state index contributed by atoms with van der Waals surface area (Å²) in [4.78, 5) is 0. The molecule has 0 spiro atoms. The number of hydrogen-bond acceptors (Lipinski definition) is 4. The first kappa shape index (κ1) is 10.6. The van der Waals surface area contributed by atoms with E-state index in [1.54, 1.807) is 0 Å². The first-order valence-electron chi connectivity index (χ1n) is 4.43. The van der Waals surface area contributed by atoms with Crippen LogP contribution in [0.5, 0.6) is 0 Å². The second-order valence-corrected chi connectivity index (χ2v) is 4.16. The van der Waals surface area contributed by atoms with Crippen molar-refractivity contribution in [2.24, 2.45) is 15.4 Å². The van der Waals surface area contributed by atoms with E-state index in [9.17, 15) is 0 Å². The third kappa shape index (κ3) is 2.45. The van der Waals surface area contributed by atoms with E-state index in [4.69, 9.17) is 5.73 Å². The SMILES string of the molecule is CC#CC1SN=NC1(C)CCCN. The van der Waals surface area contributed by atoms with Crippen molar-refractivity contribution in [2.75, 3.05) is 6.54 Å². The Bertz CT molecular complexity index is 253. The Morgan fingerprint density at radius 1 is 1.62 bits per heavy atom. The Kier molecular flexibility index (Phi) is 3.76. The van der Waals surface area contributed by atoms with Crippen LogP contribution < -0.4 is 5.73 Å². The van der Waals surface area contributed by atoms with Crippen LogP contribution >= 0.6 is 11.9 Å². The molecule has 2 N–H and O–H groups in total. The monoisotopic (exact) mass is 197 g/mol. The van der Waals surface area contributed by atoms with Gasteiger partial charge in [-0.15, -0.1) is 10.4 Å². The molecule has 0 amide bonds. The predicted molar refractivity (Wildman–Crippen MR) is 56.4 cm³/mol. The average Bonchev–Trinajstić information content (AvgIpc) is 2.46. The first-order chi connectivity index (χ1) is 6.23. The number of hydrogen-bond donors (Lipinski definition) is 1. The van der Waals surface area contributed by atoms with Crippen molar-refractivity contribution in [1.29, 1.82) is 0 Å². The summed E-state index contributed by atoms with van der Waals surface area (Å²) in [5.74, 6) is 6.05. The Morgan fingerprint density at radius 3 is 3.00 bits per heavy atom. The second-order valence-electron chi connectivity index (χ2n) is 3.31. The molecule has 0 bridgehead atoms. The van der Waals surface area contributed by atoms with Crippen LogP contribution in [-0.4, -0.2) is 17.3 Å². The van der Waals surface area contributed by atoms with Gasteiger partial charge in [0.25, 0.3) is 0 Å². The molecule has 72 valence electrons. The van der Waals surface area contributed by atoms with E-state index in [-0.39, 0.29) is 10.8 Å². The number of rotatable bonds is 3. The fraction of sp³-hybridized carbons (Fsp3) is 0.778. The van der Waals surface area contributed by atoms with E-state index < -0.39 is 0 Å². The maximum atomic E-state index is 5.47. The Balaban J connectivity index is 2.61. The van der Waals surface area contributed by atoms with E-state index in [2.05, 4.69) is 28.4 Å². The zero-order chi connectivity index (χ0) is 9.73. The third-order valence-electron chi connectivity index (χ3n) is 2.15. The van der Waals surface area contributed by atoms with Crippen molar-refractivity contribution in [1.82, 2.24) is 0 Å². The summed E-state index contributed by atoms with van der Waals surface area (Å²) in [5.41, 5.74) is 5.35. The maximum absolute atomic E-state index is 5.47. The highest BCUT2D eigenvalue weighted by Gasteiger charge is 2.37. The van der Waals surface area contributed by atoms with E-state index in [0.717, 1.165) is 12.8 Å². The summed E-state index contributed by atoms with van der Waals surface area (Å²) in [6.07, 6.45) is 1.96. The van der Waals surface area contributed by atoms with Gasteiger partial charge in [0.2, 0.25) is 0 Å². The highest BCUT2D eigenvalue weighted by atomic mass is 32.2. The molecule has 1 aliphatic heterocycles. The summed E-state index contributed by atoms with van der Waals surface area (Å²) in [6, 6.07) is 0. The van der Waals surface area contributed by atoms with Crippen LogP contribution in [0.4, 0.5) is 0 Å². The molecule has 0 saturated carbocycles. The molecule has 0 radical (unpaired) electrons. The lowest BCUT2D eigenvalue weighted by molar-refractivity contribution is 0.440. The fourth-order valence-corrected chi connectivity index (χ4v) is 2.17. The summed E-state index contributed by atoms with van der Waals surface area (Å²) >= 11 is 1.47. The first-order valence-corrected chi connectivity index (χ1v) is 5.27. The molecule has 2 atom stereocenters. The van der Waals surface area contributed by atoms with Crippen molar-refractivity contribution in [3.8, 4) is 11.8 Å². The van der Waals surface area contributed by atoms with Crippen molar-refractivity contribution < 1.29 is 0 Å². The molecule has 0 aromatic carbocycles. The van der Waals surface area contributed by atoms with Crippen molar-refractivity contribution in [3.05, 3.63) is 0 Å². The van der Waals surface area contributed by atoms with Gasteiger partial charge in [0, 0.05) is 11.9 Å². The van der Waals surface area contributed by atoms with Gasteiger partial charge in [-0.3, -0.25) is 0 Å². The zero-order valence-corrected chi connectivity index (χ0v) is 8.90. The highest BCUT2D eigenvalue weighted by Crippen LogP contribution is 2.38. The van der Waals surface area contributed by atoms with Crippen molar-refractivity contribution >= 4 is 11.9 Å². The molecule has 0 aromatic rings. The third-order valence-corrected chi connectivity index (χ3v) is 3.16. The normalized spacial score (nSPS) is 31.5. The molecule has 13 heavy (non-hydrogen) atoms. The molecule has 0 aliphatic carbocycles. The number of nitrogens with two attached hydrogens (primary N) is 1. The molecular weight excluding hydrogens is 182 g/mol. The number of nitrogens with zero attached hydrogens (tertiary/aromatic N) is 2. The average molecular weight is 197 g/mol. The minimum absolute atomic E-state index is 0.118. The van der Waals surface area contributed by atoms with Crippen LogP contribution in [0.25, 0.3) is 0 Å². The van der Waals surface area contributed by atoms with Crippen LogP contribution in [0.15, 0.2) is 9.63 Å². The summed E-state index contributed by atoms with van der Waals surface area (Å²) < 4.78 is 3.99. The van der Waals surface area contributed by atoms with Gasteiger partial charge in [-0.25, -0.2) is 0 Å². The van der Waals surface area contributed by atoms with Gasteiger partial charge in [0.15, 0.2) is 0 Å². The van der Waals surface area contributed by atoms with Crippen molar-refractivity contribution in [2.45, 2.75) is 37.5 Å². The Labute approximate surface area is 83.7 Å². The molecular formula is C9H15N3S. The quantitative estimate of drug-likeness (QED) is 0.555. The molecule has 2 unspecified atom stereocenters. The molecule has 0 fully saturated rings. The summed E-state index contributed by atoms with van der Waals surface area (Å²) in [6.45, 7) is 4.66. The van der Waals surface area contributed by atoms with Crippen molar-refractivity contribution in [3.63, 3.8) is 0 Å². The van der Waals surface area contributed by atoms with Gasteiger partial charge >= 0.3 is 0 Å². The minimum atomic E-state index is -0.118. The lowest BCUT2D eigenvalue weighted by Crippen LogP contribution is -2.31. The van der Waals surface area contributed by atoms with Crippen LogP contribution in [0.2, 0.25) is 0 Å². The maximum Gasteiger partial charge on any atom is 0.116 e. The van der Waals surface area contributed by atoms with Crippen LogP contribution in [0.1, 0.15) is 26.7 Å². The summed E-state index contributed by atoms with van der Waals surface area (Å²) in [5, 5.41) is 4.45. The van der Waals surface area contributed by atoms with Gasteiger partial charge in [0.05, 0.1) is 0 Å². The molecule has 1 aliphatic rings. The van der Waals surface area contributed by atoms with Crippen LogP contribution in [-0.2, 0) is 0 Å². The lowest BCUT2D eigenvalue weighted by Gasteiger charge is -2.21. The largest absolute Gasteiger partial charge is 0.330 e. The van der Waals surface area contributed by atoms with E-state index in [1.807, 2.05) is 6.92 Å². The van der Waals surface area contributed by atoms with Crippen LogP contribution in [0, 0.1) is 11.8 Å². The van der Waals surface area contributed by atoms with E-state index in [0.29, 0.717) is 6.54 Å². The molecule has 4 heteroatoms. The predicted octanol–water partition coefficient (Wildman–Crippen LogP) is 1.99. The molecule has 0 aromatic heterocycles. The minimum Gasteiger partial charge on any atom is -0.330 e. The van der Waals surface area contributed by atoms with Gasteiger partial charge in [-0.1, -0.05) is 5.92 Å². The standard InChI is InChI=1S/C9H15N3S/c1-3-5-8-9(2,6-4-7-10)11-12-13-8/h8H,4,6-7,10H2,1-2H3. The van der Waals surface area contributed by atoms with Gasteiger partial charge < -0.3 is 5.73 Å². The highest BCUT2D eigenvalue weighted by molar-refractivity contribution is 7.99. The lowest BCUT2D eigenvalue weighted by atomic mass is 9.93. The smallest absolute Gasteiger partial charge is 0.116 e. The molecule has 1 rings (SSSR count). The molecule has 1 heterocycles.